The van der Waals surface area contributed by atoms with E-state index >= 15 is 0 Å². The van der Waals surface area contributed by atoms with Crippen LogP contribution in [0.1, 0.15) is 104 Å². The molecule has 3 rings (SSSR count). The van der Waals surface area contributed by atoms with Gasteiger partial charge >= 0.3 is 12.0 Å². The predicted octanol–water partition coefficient (Wildman–Crippen LogP) is 5.08. The number of imidazole rings is 1. The van der Waals surface area contributed by atoms with Crippen molar-refractivity contribution in [2.24, 2.45) is 5.92 Å². The van der Waals surface area contributed by atoms with Crippen molar-refractivity contribution >= 4 is 23.0 Å². The number of hydrogen-bond donors (Lipinski definition) is 2. The topological polar surface area (TPSA) is 125 Å². The molecule has 10 heteroatoms. The number of terminal acetylenes is 1. The second-order valence-corrected chi connectivity index (χ2v) is 10.2. The third kappa shape index (κ3) is 7.20. The molecule has 4 atom stereocenters. The molecule has 0 saturated carbocycles. The largest absolute Gasteiger partial charge is 0.458 e. The Morgan fingerprint density at radius 3 is 2.47 bits per heavy atom. The number of nitrogen functional groups attached to an aromatic ring is 1. The number of esters is 1. The summed E-state index contributed by atoms with van der Waals surface area (Å²) < 4.78 is 27.4. The van der Waals surface area contributed by atoms with Crippen LogP contribution < -0.4 is 5.73 Å². The number of carbonyl (C=O) groups is 1. The Balaban J connectivity index is 1.73. The second-order valence-electron chi connectivity index (χ2n) is 10.2. The average Bonchev–Trinajstić information content (AvgIpc) is 3.49. The number of ether oxygens (including phenoxy) is 2. The van der Waals surface area contributed by atoms with Crippen LogP contribution in [-0.2, 0) is 14.3 Å². The Kier molecular flexibility index (Phi) is 11.3. The number of unbranched alkanes of at least 4 members (excludes halogenated alkanes) is 8. The molecule has 0 aromatic carbocycles. The van der Waals surface area contributed by atoms with Gasteiger partial charge in [-0.05, 0) is 12.8 Å². The molecule has 1 fully saturated rings. The second kappa shape index (κ2) is 14.4. The van der Waals surface area contributed by atoms with E-state index in [4.69, 9.17) is 21.6 Å². The van der Waals surface area contributed by atoms with Gasteiger partial charge in [0.25, 0.3) is 0 Å². The maximum Gasteiger partial charge on any atom is 0.312 e. The van der Waals surface area contributed by atoms with E-state index in [0.29, 0.717) is 0 Å². The lowest BCUT2D eigenvalue weighted by Gasteiger charge is -2.28. The molecule has 1 unspecified atom stereocenters. The SMILES string of the molecule is C#C[C@]1(CO)O[C@@H](n2cnc3c(N)nc(F)nc32)C[C@@H]1OC(=O)C(CCCCCC)CCCCCCCC. The average molecular weight is 532 g/mol. The summed E-state index contributed by atoms with van der Waals surface area (Å²) in [6.07, 6.45) is 17.3. The van der Waals surface area contributed by atoms with Crippen molar-refractivity contribution in [1.29, 1.82) is 0 Å². The maximum atomic E-state index is 13.9. The molecule has 38 heavy (non-hydrogen) atoms. The van der Waals surface area contributed by atoms with E-state index in [0.717, 1.165) is 51.4 Å². The summed E-state index contributed by atoms with van der Waals surface area (Å²) in [5.41, 5.74) is 4.60. The fourth-order valence-corrected chi connectivity index (χ4v) is 5.09. The molecule has 3 N–H and O–H groups in total. The number of halogens is 1. The van der Waals surface area contributed by atoms with Gasteiger partial charge in [0.1, 0.15) is 12.3 Å². The highest BCUT2D eigenvalue weighted by Gasteiger charge is 2.51. The monoisotopic (exact) mass is 531 g/mol. The van der Waals surface area contributed by atoms with Crippen LogP contribution in [0.2, 0.25) is 0 Å². The zero-order valence-electron chi connectivity index (χ0n) is 22.7. The highest BCUT2D eigenvalue weighted by molar-refractivity contribution is 5.81. The van der Waals surface area contributed by atoms with Gasteiger partial charge in [-0.1, -0.05) is 84.0 Å². The number of aliphatic hydroxyl groups excluding tert-OH is 1. The van der Waals surface area contributed by atoms with E-state index in [1.165, 1.54) is 36.6 Å². The van der Waals surface area contributed by atoms with Crippen LogP contribution in [-0.4, -0.2) is 48.9 Å². The number of hydrogen-bond acceptors (Lipinski definition) is 8. The van der Waals surface area contributed by atoms with Gasteiger partial charge in [0.2, 0.25) is 0 Å². The maximum absolute atomic E-state index is 13.9. The van der Waals surface area contributed by atoms with Gasteiger partial charge in [0.15, 0.2) is 22.6 Å². The van der Waals surface area contributed by atoms with Crippen LogP contribution in [0.15, 0.2) is 6.33 Å². The van der Waals surface area contributed by atoms with Gasteiger partial charge in [-0.2, -0.15) is 14.4 Å². The quantitative estimate of drug-likeness (QED) is 0.133. The summed E-state index contributed by atoms with van der Waals surface area (Å²) in [6, 6.07) is 0. The summed E-state index contributed by atoms with van der Waals surface area (Å²) in [7, 11) is 0. The van der Waals surface area contributed by atoms with Gasteiger partial charge in [-0.15, -0.1) is 6.42 Å². The number of fused-ring (bicyclic) bond motifs is 1. The Labute approximate surface area is 224 Å². The van der Waals surface area contributed by atoms with Crippen molar-refractivity contribution < 1.29 is 23.8 Å². The van der Waals surface area contributed by atoms with E-state index in [-0.39, 0.29) is 35.3 Å². The first-order valence-corrected chi connectivity index (χ1v) is 14.0. The highest BCUT2D eigenvalue weighted by Crippen LogP contribution is 2.40. The molecule has 210 valence electrons. The summed E-state index contributed by atoms with van der Waals surface area (Å²) in [5.74, 6) is 1.85. The molecule has 2 aromatic rings. The van der Waals surface area contributed by atoms with Crippen molar-refractivity contribution in [2.45, 2.75) is 115 Å². The van der Waals surface area contributed by atoms with Crippen LogP contribution >= 0.6 is 0 Å². The van der Waals surface area contributed by atoms with Crippen LogP contribution in [0.5, 0.6) is 0 Å². The standard InChI is InChI=1S/C28H42FN5O4/c1-4-7-9-11-12-14-16-20(15-13-10-8-5-2)26(36)37-21-17-22(38-28(21,6-3)18-35)34-19-31-23-24(30)32-27(29)33-25(23)34/h3,19-22,35H,4-5,7-18H2,1-2H3,(H2,30,32,33)/t20?,21-,22+,28+/m0/s1. The molecule has 0 spiro atoms. The van der Waals surface area contributed by atoms with Crippen LogP contribution in [0, 0.1) is 24.3 Å². The molecular weight excluding hydrogens is 489 g/mol. The molecule has 2 aromatic heterocycles. The molecule has 0 amide bonds. The molecule has 1 aliphatic heterocycles. The van der Waals surface area contributed by atoms with E-state index in [9.17, 15) is 14.3 Å². The molecule has 1 saturated heterocycles. The Hall–Kier alpha value is -2.77. The summed E-state index contributed by atoms with van der Waals surface area (Å²) >= 11 is 0. The molecule has 9 nitrogen and oxygen atoms in total. The number of carbonyl (C=O) groups excluding carboxylic acids is 1. The van der Waals surface area contributed by atoms with Crippen molar-refractivity contribution in [1.82, 2.24) is 19.5 Å². The fraction of sp³-hybridized carbons (Fsp3) is 0.714. The lowest BCUT2D eigenvalue weighted by atomic mass is 9.93. The van der Waals surface area contributed by atoms with E-state index in [1.807, 2.05) is 0 Å². The van der Waals surface area contributed by atoms with Gasteiger partial charge < -0.3 is 20.3 Å². The third-order valence-electron chi connectivity index (χ3n) is 7.40. The van der Waals surface area contributed by atoms with Crippen LogP contribution in [0.25, 0.3) is 11.2 Å². The molecule has 1 aliphatic rings. The predicted molar refractivity (Wildman–Crippen MR) is 143 cm³/mol. The zero-order valence-corrected chi connectivity index (χ0v) is 22.7. The number of rotatable bonds is 16. The number of nitrogens with zero attached hydrogens (tertiary/aromatic N) is 4. The minimum Gasteiger partial charge on any atom is -0.458 e. The fourth-order valence-electron chi connectivity index (χ4n) is 5.09. The van der Waals surface area contributed by atoms with Gasteiger partial charge in [0.05, 0.1) is 18.9 Å². The van der Waals surface area contributed by atoms with Crippen LogP contribution in [0.4, 0.5) is 10.2 Å². The van der Waals surface area contributed by atoms with Crippen molar-refractivity contribution in [3.63, 3.8) is 0 Å². The molecular formula is C28H42FN5O4. The lowest BCUT2D eigenvalue weighted by Crippen LogP contribution is -2.44. The van der Waals surface area contributed by atoms with Crippen LogP contribution in [0.3, 0.4) is 0 Å². The summed E-state index contributed by atoms with van der Waals surface area (Å²) in [4.78, 5) is 24.9. The Morgan fingerprint density at radius 1 is 1.21 bits per heavy atom. The number of anilines is 1. The first kappa shape index (κ1) is 29.8. The Morgan fingerprint density at radius 2 is 1.84 bits per heavy atom. The van der Waals surface area contributed by atoms with Gasteiger partial charge in [-0.25, -0.2) is 4.98 Å². The van der Waals surface area contributed by atoms with E-state index in [2.05, 4.69) is 34.7 Å². The van der Waals surface area contributed by atoms with Crippen molar-refractivity contribution in [3.8, 4) is 12.3 Å². The third-order valence-corrected chi connectivity index (χ3v) is 7.40. The zero-order chi connectivity index (χ0) is 27.5. The minimum absolute atomic E-state index is 0.0989. The first-order valence-electron chi connectivity index (χ1n) is 14.0. The lowest BCUT2D eigenvalue weighted by molar-refractivity contribution is -0.164. The van der Waals surface area contributed by atoms with Gasteiger partial charge in [-0.3, -0.25) is 9.36 Å². The van der Waals surface area contributed by atoms with E-state index in [1.54, 1.807) is 0 Å². The summed E-state index contributed by atoms with van der Waals surface area (Å²) in [6.45, 7) is 3.80. The van der Waals surface area contributed by atoms with Gasteiger partial charge in [0, 0.05) is 6.42 Å². The summed E-state index contributed by atoms with van der Waals surface area (Å²) in [5, 5.41) is 10.2. The highest BCUT2D eigenvalue weighted by atomic mass is 19.1. The minimum atomic E-state index is -1.54. The smallest absolute Gasteiger partial charge is 0.312 e. The Bertz CT molecular complexity index is 1090. The first-order chi connectivity index (χ1) is 18.4. The van der Waals surface area contributed by atoms with E-state index < -0.39 is 30.6 Å². The normalized spacial score (nSPS) is 22.0. The molecule has 0 radical (unpaired) electrons. The van der Waals surface area contributed by atoms with Crippen molar-refractivity contribution in [3.05, 3.63) is 12.4 Å². The number of aromatic nitrogens is 4. The number of aliphatic hydroxyl groups is 1. The molecule has 0 aliphatic carbocycles. The number of nitrogens with two attached hydrogens (primary N) is 1. The van der Waals surface area contributed by atoms with Crippen molar-refractivity contribution in [2.75, 3.05) is 12.3 Å². The molecule has 3 heterocycles. The molecule has 0 bridgehead atoms.